The molecule has 2 saturated carbocycles. The van der Waals surface area contributed by atoms with Gasteiger partial charge in [0.1, 0.15) is 5.75 Å². The number of carbonyl (C=O) groups excluding carboxylic acids is 1. The Morgan fingerprint density at radius 3 is 2.43 bits per heavy atom. The van der Waals surface area contributed by atoms with Gasteiger partial charge in [0.05, 0.1) is 6.10 Å². The minimum Gasteiger partial charge on any atom is -0.490 e. The van der Waals surface area contributed by atoms with Crippen LogP contribution in [0.3, 0.4) is 0 Å². The van der Waals surface area contributed by atoms with Crippen molar-refractivity contribution in [2.45, 2.75) is 63.0 Å². The highest BCUT2D eigenvalue weighted by molar-refractivity contribution is 5.96. The van der Waals surface area contributed by atoms with E-state index in [0.717, 1.165) is 37.0 Å². The number of hydrogen-bond donors (Lipinski definition) is 1. The third-order valence-electron chi connectivity index (χ3n) is 4.84. The molecule has 1 aromatic carbocycles. The molecule has 1 aromatic rings. The Morgan fingerprint density at radius 2 is 1.86 bits per heavy atom. The average Bonchev–Trinajstić information content (AvgIpc) is 3.33. The van der Waals surface area contributed by atoms with Gasteiger partial charge in [0, 0.05) is 17.5 Å². The van der Waals surface area contributed by atoms with Crippen LogP contribution in [0.25, 0.3) is 0 Å². The van der Waals surface area contributed by atoms with Crippen LogP contribution in [0.2, 0.25) is 0 Å². The van der Waals surface area contributed by atoms with Crippen molar-refractivity contribution in [2.75, 3.05) is 7.05 Å². The third-order valence-corrected chi connectivity index (χ3v) is 4.84. The fraction of sp³-hybridized carbons (Fsp3) is 0.611. The molecule has 0 unspecified atom stereocenters. The lowest BCUT2D eigenvalue weighted by Gasteiger charge is -2.36. The smallest absolute Gasteiger partial charge is 0.164 e. The molecule has 0 radical (unpaired) electrons. The lowest BCUT2D eigenvalue weighted by Crippen LogP contribution is -2.46. The van der Waals surface area contributed by atoms with Gasteiger partial charge in [-0.1, -0.05) is 19.3 Å². The molecular weight excluding hydrogens is 262 g/mol. The van der Waals surface area contributed by atoms with Crippen LogP contribution in [0.5, 0.6) is 5.75 Å². The largest absolute Gasteiger partial charge is 0.490 e. The van der Waals surface area contributed by atoms with Crippen LogP contribution in [0.4, 0.5) is 0 Å². The molecule has 1 N–H and O–H groups in total. The van der Waals surface area contributed by atoms with Crippen molar-refractivity contribution in [1.29, 1.82) is 0 Å². The number of carbonyl (C=O) groups is 1. The molecule has 2 aliphatic carbocycles. The quantitative estimate of drug-likeness (QED) is 0.810. The molecule has 0 amide bonds. The van der Waals surface area contributed by atoms with E-state index in [9.17, 15) is 4.79 Å². The maximum absolute atomic E-state index is 12.5. The molecule has 21 heavy (non-hydrogen) atoms. The Balaban J connectivity index is 1.63. The van der Waals surface area contributed by atoms with Crippen molar-refractivity contribution in [1.82, 2.24) is 5.32 Å². The first-order valence-electron chi connectivity index (χ1n) is 8.20. The highest BCUT2D eigenvalue weighted by Gasteiger charge is 2.32. The Kier molecular flexibility index (Phi) is 4.29. The fourth-order valence-electron chi connectivity index (χ4n) is 3.25. The van der Waals surface area contributed by atoms with E-state index < -0.39 is 0 Å². The number of benzene rings is 1. The van der Waals surface area contributed by atoms with E-state index in [0.29, 0.717) is 12.5 Å². The molecule has 0 spiro atoms. The summed E-state index contributed by atoms with van der Waals surface area (Å²) in [5.74, 6) is 1.12. The van der Waals surface area contributed by atoms with Crippen LogP contribution >= 0.6 is 0 Å². The normalized spacial score (nSPS) is 21.0. The summed E-state index contributed by atoms with van der Waals surface area (Å²) >= 11 is 0. The van der Waals surface area contributed by atoms with Crippen LogP contribution in [0.15, 0.2) is 24.3 Å². The molecule has 0 saturated heterocycles. The van der Waals surface area contributed by atoms with Crippen molar-refractivity contribution in [2.24, 2.45) is 0 Å². The summed E-state index contributed by atoms with van der Waals surface area (Å²) < 4.78 is 5.73. The molecule has 3 rings (SSSR count). The summed E-state index contributed by atoms with van der Waals surface area (Å²) in [6.45, 7) is 0. The first kappa shape index (κ1) is 14.6. The fourth-order valence-corrected chi connectivity index (χ4v) is 3.25. The van der Waals surface area contributed by atoms with E-state index in [1.54, 1.807) is 0 Å². The van der Waals surface area contributed by atoms with E-state index in [-0.39, 0.29) is 11.3 Å². The zero-order valence-corrected chi connectivity index (χ0v) is 12.9. The van der Waals surface area contributed by atoms with Crippen LogP contribution < -0.4 is 10.1 Å². The lowest BCUT2D eigenvalue weighted by molar-refractivity contribution is 0.0915. The summed E-state index contributed by atoms with van der Waals surface area (Å²) in [6.07, 6.45) is 9.29. The van der Waals surface area contributed by atoms with E-state index in [1.165, 1.54) is 19.3 Å². The number of nitrogens with one attached hydrogen (secondary N) is 1. The van der Waals surface area contributed by atoms with Crippen molar-refractivity contribution in [3.05, 3.63) is 29.8 Å². The first-order chi connectivity index (χ1) is 10.2. The number of ether oxygens (including phenoxy) is 1. The number of Topliss-reactive ketones (excluding diaryl/α,β-unsaturated/α-hetero) is 1. The Morgan fingerprint density at radius 1 is 1.19 bits per heavy atom. The molecule has 2 aliphatic rings. The van der Waals surface area contributed by atoms with E-state index in [2.05, 4.69) is 5.32 Å². The minimum absolute atomic E-state index is 0.0124. The molecule has 0 atom stereocenters. The first-order valence-corrected chi connectivity index (χ1v) is 8.20. The van der Waals surface area contributed by atoms with Crippen molar-refractivity contribution >= 4 is 5.78 Å². The molecule has 0 aliphatic heterocycles. The summed E-state index contributed by atoms with van der Waals surface area (Å²) in [5.41, 5.74) is 0.816. The standard InChI is InChI=1S/C18H25NO2/c1-19-18(11-3-2-4-12-18)13-17(20)14-5-7-15(8-6-14)21-16-9-10-16/h5-8,16,19H,2-4,9-13H2,1H3. The van der Waals surface area contributed by atoms with Gasteiger partial charge in [-0.3, -0.25) is 4.79 Å². The minimum atomic E-state index is 0.0124. The topological polar surface area (TPSA) is 38.3 Å². The number of ketones is 1. The SMILES string of the molecule is CNC1(CC(=O)c2ccc(OC3CC3)cc2)CCCCC1. The van der Waals surface area contributed by atoms with E-state index >= 15 is 0 Å². The highest BCUT2D eigenvalue weighted by Crippen LogP contribution is 2.32. The monoisotopic (exact) mass is 287 g/mol. The Labute approximate surface area is 127 Å². The van der Waals surface area contributed by atoms with Crippen LogP contribution in [-0.2, 0) is 0 Å². The van der Waals surface area contributed by atoms with Crippen LogP contribution in [0.1, 0.15) is 61.7 Å². The van der Waals surface area contributed by atoms with Gasteiger partial charge in [0.25, 0.3) is 0 Å². The van der Waals surface area contributed by atoms with Gasteiger partial charge in [-0.15, -0.1) is 0 Å². The molecule has 2 fully saturated rings. The second-order valence-electron chi connectivity index (χ2n) is 6.53. The lowest BCUT2D eigenvalue weighted by atomic mass is 9.77. The van der Waals surface area contributed by atoms with Gasteiger partial charge in [-0.25, -0.2) is 0 Å². The zero-order valence-electron chi connectivity index (χ0n) is 12.9. The van der Waals surface area contributed by atoms with Gasteiger partial charge in [0.15, 0.2) is 5.78 Å². The van der Waals surface area contributed by atoms with Gasteiger partial charge >= 0.3 is 0 Å². The van der Waals surface area contributed by atoms with Crippen molar-refractivity contribution in [3.63, 3.8) is 0 Å². The summed E-state index contributed by atoms with van der Waals surface area (Å²) in [6, 6.07) is 7.68. The molecule has 114 valence electrons. The Hall–Kier alpha value is -1.35. The van der Waals surface area contributed by atoms with Gasteiger partial charge < -0.3 is 10.1 Å². The molecule has 0 heterocycles. The highest BCUT2D eigenvalue weighted by atomic mass is 16.5. The summed E-state index contributed by atoms with van der Waals surface area (Å²) in [5, 5.41) is 3.42. The predicted molar refractivity (Wildman–Crippen MR) is 83.9 cm³/mol. The zero-order chi connectivity index (χ0) is 14.7. The maximum atomic E-state index is 12.5. The molecule has 0 bridgehead atoms. The number of rotatable bonds is 6. The van der Waals surface area contributed by atoms with Crippen molar-refractivity contribution in [3.8, 4) is 5.75 Å². The number of hydrogen-bond acceptors (Lipinski definition) is 3. The van der Waals surface area contributed by atoms with Gasteiger partial charge in [-0.2, -0.15) is 0 Å². The van der Waals surface area contributed by atoms with Crippen LogP contribution in [-0.4, -0.2) is 24.5 Å². The van der Waals surface area contributed by atoms with E-state index in [1.807, 2.05) is 31.3 Å². The Bertz CT molecular complexity index is 484. The molecule has 0 aromatic heterocycles. The van der Waals surface area contributed by atoms with Gasteiger partial charge in [0.2, 0.25) is 0 Å². The summed E-state index contributed by atoms with van der Waals surface area (Å²) in [4.78, 5) is 12.5. The molecular formula is C18H25NO2. The van der Waals surface area contributed by atoms with Crippen LogP contribution in [0, 0.1) is 0 Å². The average molecular weight is 287 g/mol. The second-order valence-corrected chi connectivity index (χ2v) is 6.53. The molecule has 3 nitrogen and oxygen atoms in total. The predicted octanol–water partition coefficient (Wildman–Crippen LogP) is 3.72. The van der Waals surface area contributed by atoms with E-state index in [4.69, 9.17) is 4.74 Å². The maximum Gasteiger partial charge on any atom is 0.164 e. The third kappa shape index (κ3) is 3.65. The van der Waals surface area contributed by atoms with Crippen molar-refractivity contribution < 1.29 is 9.53 Å². The second kappa shape index (κ2) is 6.18. The summed E-state index contributed by atoms with van der Waals surface area (Å²) in [7, 11) is 1.99. The van der Waals surface area contributed by atoms with Gasteiger partial charge in [-0.05, 0) is 57.0 Å². The molecule has 3 heteroatoms.